The monoisotopic (exact) mass is 512 g/mol. The maximum absolute atomic E-state index is 13.5. The van der Waals surface area contributed by atoms with Crippen LogP contribution in [0.3, 0.4) is 0 Å². The molecule has 3 fully saturated rings. The van der Waals surface area contributed by atoms with Gasteiger partial charge in [0, 0.05) is 36.7 Å². The van der Waals surface area contributed by atoms with E-state index >= 15 is 0 Å². The zero-order valence-electron chi connectivity index (χ0n) is 22.5. The van der Waals surface area contributed by atoms with E-state index in [-0.39, 0.29) is 23.8 Å². The summed E-state index contributed by atoms with van der Waals surface area (Å²) in [5, 5.41) is 23.8. The Kier molecular flexibility index (Phi) is 5.22. The molecule has 0 radical (unpaired) electrons. The molecule has 6 heteroatoms. The van der Waals surface area contributed by atoms with Gasteiger partial charge in [0.1, 0.15) is 11.7 Å². The second-order valence-corrected chi connectivity index (χ2v) is 12.3. The molecule has 2 N–H and O–H groups in total. The van der Waals surface area contributed by atoms with Crippen LogP contribution < -0.4 is 4.74 Å². The van der Waals surface area contributed by atoms with E-state index in [4.69, 9.17) is 4.74 Å². The average molecular weight is 513 g/mol. The molecule has 5 aliphatic rings. The maximum atomic E-state index is 13.5. The van der Waals surface area contributed by atoms with Gasteiger partial charge in [-0.1, -0.05) is 18.1 Å². The summed E-state index contributed by atoms with van der Waals surface area (Å²) in [6.07, 6.45) is 5.10. The van der Waals surface area contributed by atoms with Crippen molar-refractivity contribution in [3.8, 4) is 23.3 Å². The van der Waals surface area contributed by atoms with Gasteiger partial charge in [-0.15, -0.1) is 0 Å². The number of benzene rings is 2. The SMILES string of the molecule is Cc1ccc(C#CC(=O)N(C)[C@H]2CC[C@@H]3Oc4c(O)ccc5c4[C@@]34CCN(CC3CC3)[C@H](C5)[C@]24O)cc1C. The fourth-order valence-corrected chi connectivity index (χ4v) is 8.15. The Bertz CT molecular complexity index is 1400. The Morgan fingerprint density at radius 1 is 1.16 bits per heavy atom. The number of aryl methyl sites for hydroxylation is 2. The first-order valence-corrected chi connectivity index (χ1v) is 14.1. The lowest BCUT2D eigenvalue weighted by molar-refractivity contribution is -0.217. The maximum Gasteiger partial charge on any atom is 0.298 e. The standard InChI is InChI=1S/C32H36N2O4/c1-19-4-5-21(16-20(19)2)8-13-28(36)33(3)25-11-12-27-31-14-15-34(18-22-6-7-22)26(32(25,31)37)17-23-9-10-24(35)30(38-27)29(23)31/h4-5,9-10,16,22,25-27,35,37H,6-7,11-12,14-15,17-18H2,1-3H3/t25-,26+,27-,31+,32+/m0/s1. The van der Waals surface area contributed by atoms with Gasteiger partial charge < -0.3 is 19.8 Å². The number of amides is 1. The van der Waals surface area contributed by atoms with E-state index in [2.05, 4.69) is 23.7 Å². The molecule has 198 valence electrons. The molecule has 5 atom stereocenters. The molecule has 7 rings (SSSR count). The van der Waals surface area contributed by atoms with Crippen molar-refractivity contribution in [2.45, 2.75) is 81.6 Å². The molecule has 38 heavy (non-hydrogen) atoms. The second-order valence-electron chi connectivity index (χ2n) is 12.3. The van der Waals surface area contributed by atoms with Crippen molar-refractivity contribution in [2.75, 3.05) is 20.1 Å². The number of carbonyl (C=O) groups is 1. The molecule has 1 spiro atoms. The lowest BCUT2D eigenvalue weighted by atomic mass is 9.47. The summed E-state index contributed by atoms with van der Waals surface area (Å²) in [6.45, 7) is 6.00. The number of rotatable bonds is 3. The highest BCUT2D eigenvalue weighted by atomic mass is 16.5. The van der Waals surface area contributed by atoms with Gasteiger partial charge in [0.15, 0.2) is 11.5 Å². The molecule has 1 saturated heterocycles. The molecule has 0 unspecified atom stereocenters. The Morgan fingerprint density at radius 2 is 1.97 bits per heavy atom. The lowest BCUT2D eigenvalue weighted by Gasteiger charge is -2.66. The molecule has 0 aromatic heterocycles. The van der Waals surface area contributed by atoms with E-state index in [1.807, 2.05) is 31.2 Å². The van der Waals surface area contributed by atoms with Crippen LogP contribution in [0.15, 0.2) is 30.3 Å². The zero-order chi connectivity index (χ0) is 26.4. The number of likely N-dealkylation sites (tertiary alicyclic amines) is 1. The van der Waals surface area contributed by atoms with E-state index in [9.17, 15) is 15.0 Å². The summed E-state index contributed by atoms with van der Waals surface area (Å²) >= 11 is 0. The first-order chi connectivity index (χ1) is 18.2. The minimum atomic E-state index is -1.19. The Hall–Kier alpha value is -3.01. The highest BCUT2D eigenvalue weighted by molar-refractivity contribution is 5.94. The molecular formula is C32H36N2O4. The van der Waals surface area contributed by atoms with Crippen molar-refractivity contribution < 1.29 is 19.7 Å². The van der Waals surface area contributed by atoms with Gasteiger partial charge in [0.25, 0.3) is 5.91 Å². The van der Waals surface area contributed by atoms with Gasteiger partial charge >= 0.3 is 0 Å². The fourth-order valence-electron chi connectivity index (χ4n) is 8.15. The molecule has 2 bridgehead atoms. The molecule has 2 heterocycles. The van der Waals surface area contributed by atoms with Crippen LogP contribution in [0.4, 0.5) is 0 Å². The summed E-state index contributed by atoms with van der Waals surface area (Å²) in [5.74, 6) is 7.04. The molecule has 6 nitrogen and oxygen atoms in total. The summed E-state index contributed by atoms with van der Waals surface area (Å²) in [6, 6.07) is 9.23. The summed E-state index contributed by atoms with van der Waals surface area (Å²) in [7, 11) is 1.80. The molecule has 1 amide bonds. The van der Waals surface area contributed by atoms with Crippen LogP contribution in [0.1, 0.15) is 59.9 Å². The molecular weight excluding hydrogens is 476 g/mol. The van der Waals surface area contributed by atoms with Crippen molar-refractivity contribution in [3.63, 3.8) is 0 Å². The van der Waals surface area contributed by atoms with Gasteiger partial charge in [-0.25, -0.2) is 0 Å². The number of likely N-dealkylation sites (N-methyl/N-ethyl adjacent to an activating group) is 1. The number of piperidine rings is 1. The summed E-state index contributed by atoms with van der Waals surface area (Å²) in [5.41, 5.74) is 3.48. The Labute approximate surface area is 224 Å². The third-order valence-electron chi connectivity index (χ3n) is 10.4. The van der Waals surface area contributed by atoms with Crippen molar-refractivity contribution >= 4 is 5.91 Å². The van der Waals surface area contributed by atoms with Crippen molar-refractivity contribution in [1.82, 2.24) is 9.80 Å². The van der Waals surface area contributed by atoms with Crippen molar-refractivity contribution in [3.05, 3.63) is 58.1 Å². The predicted octanol–water partition coefficient (Wildman–Crippen LogP) is 3.45. The zero-order valence-corrected chi connectivity index (χ0v) is 22.5. The van der Waals surface area contributed by atoms with Crippen LogP contribution in [0.5, 0.6) is 11.5 Å². The Morgan fingerprint density at radius 3 is 2.74 bits per heavy atom. The normalized spacial score (nSPS) is 32.6. The first kappa shape index (κ1) is 24.1. The number of carbonyl (C=O) groups excluding carboxylic acids is 1. The lowest BCUT2D eigenvalue weighted by Crippen LogP contribution is -2.81. The highest BCUT2D eigenvalue weighted by Crippen LogP contribution is 2.66. The van der Waals surface area contributed by atoms with E-state index in [0.29, 0.717) is 24.5 Å². The van der Waals surface area contributed by atoms with Gasteiger partial charge in [0.2, 0.25) is 0 Å². The number of hydrogen-bond acceptors (Lipinski definition) is 5. The van der Waals surface area contributed by atoms with Gasteiger partial charge in [-0.3, -0.25) is 9.69 Å². The van der Waals surface area contributed by atoms with Crippen LogP contribution in [0.2, 0.25) is 0 Å². The molecule has 2 saturated carbocycles. The Balaban J connectivity index is 1.29. The number of ether oxygens (including phenoxy) is 1. The van der Waals surface area contributed by atoms with Crippen LogP contribution in [0.25, 0.3) is 0 Å². The third-order valence-corrected chi connectivity index (χ3v) is 10.4. The quantitative estimate of drug-likeness (QED) is 0.617. The fraction of sp³-hybridized carbons (Fsp3) is 0.531. The van der Waals surface area contributed by atoms with Crippen LogP contribution >= 0.6 is 0 Å². The van der Waals surface area contributed by atoms with Gasteiger partial charge in [0.05, 0.1) is 11.5 Å². The third kappa shape index (κ3) is 3.18. The molecule has 2 aromatic rings. The molecule has 2 aromatic carbocycles. The minimum absolute atomic E-state index is 0.112. The number of phenolic OH excluding ortho intramolecular Hbond substituents is 1. The smallest absolute Gasteiger partial charge is 0.298 e. The summed E-state index contributed by atoms with van der Waals surface area (Å²) < 4.78 is 6.46. The van der Waals surface area contributed by atoms with Gasteiger partial charge in [-0.05, 0) is 99.7 Å². The van der Waals surface area contributed by atoms with Crippen molar-refractivity contribution in [2.24, 2.45) is 5.92 Å². The van der Waals surface area contributed by atoms with Gasteiger partial charge in [-0.2, -0.15) is 0 Å². The van der Waals surface area contributed by atoms with Crippen LogP contribution in [-0.2, 0) is 16.6 Å². The van der Waals surface area contributed by atoms with E-state index in [1.54, 1.807) is 18.0 Å². The second kappa shape index (κ2) is 8.24. The number of phenols is 1. The topological polar surface area (TPSA) is 73.2 Å². The van der Waals surface area contributed by atoms with E-state index < -0.39 is 17.1 Å². The predicted molar refractivity (Wildman–Crippen MR) is 144 cm³/mol. The van der Waals surface area contributed by atoms with Crippen LogP contribution in [0, 0.1) is 31.6 Å². The number of hydrogen-bond donors (Lipinski definition) is 2. The molecule has 3 aliphatic carbocycles. The largest absolute Gasteiger partial charge is 0.504 e. The number of nitrogens with zero attached hydrogens (tertiary/aromatic N) is 2. The number of aliphatic hydroxyl groups is 1. The van der Waals surface area contributed by atoms with E-state index in [1.165, 1.54) is 24.0 Å². The number of aromatic hydroxyl groups is 1. The summed E-state index contributed by atoms with van der Waals surface area (Å²) in [4.78, 5) is 17.7. The van der Waals surface area contributed by atoms with Crippen LogP contribution in [-0.4, -0.2) is 69.8 Å². The minimum Gasteiger partial charge on any atom is -0.504 e. The molecule has 2 aliphatic heterocycles. The first-order valence-electron chi connectivity index (χ1n) is 14.1. The van der Waals surface area contributed by atoms with Crippen molar-refractivity contribution in [1.29, 1.82) is 0 Å². The highest BCUT2D eigenvalue weighted by Gasteiger charge is 2.74. The van der Waals surface area contributed by atoms with E-state index in [0.717, 1.165) is 42.6 Å². The average Bonchev–Trinajstić information content (AvgIpc) is 3.64.